The summed E-state index contributed by atoms with van der Waals surface area (Å²) in [5.74, 6) is -0.838. The third-order valence-electron chi connectivity index (χ3n) is 1.94. The van der Waals surface area contributed by atoms with Gasteiger partial charge in [0, 0.05) is 6.61 Å². The lowest BCUT2D eigenvalue weighted by Crippen LogP contribution is -2.46. The largest absolute Gasteiger partial charge is 0.480 e. The molecule has 0 amide bonds. The van der Waals surface area contributed by atoms with Gasteiger partial charge in [-0.05, 0) is 39.7 Å². The van der Waals surface area contributed by atoms with Gasteiger partial charge in [0.15, 0.2) is 0 Å². The number of carboxylic acids is 1. The normalized spacial score (nSPS) is 11.6. The molecule has 4 nitrogen and oxygen atoms in total. The first-order chi connectivity index (χ1) is 6.00. The molecule has 0 fully saturated rings. The lowest BCUT2D eigenvalue weighted by atomic mass is 10.1. The van der Waals surface area contributed by atoms with Crippen LogP contribution in [-0.4, -0.2) is 34.9 Å². The van der Waals surface area contributed by atoms with Gasteiger partial charge in [-0.1, -0.05) is 0 Å². The van der Waals surface area contributed by atoms with Gasteiger partial charge >= 0.3 is 5.97 Å². The molecular formula is C9H19NO3. The molecule has 0 saturated carbocycles. The van der Waals surface area contributed by atoms with Crippen LogP contribution in [0.4, 0.5) is 0 Å². The third-order valence-corrected chi connectivity index (χ3v) is 1.94. The van der Waals surface area contributed by atoms with Crippen molar-refractivity contribution in [1.29, 1.82) is 0 Å². The first-order valence-corrected chi connectivity index (χ1v) is 4.60. The number of hydrogen-bond donors (Lipinski definition) is 3. The Hall–Kier alpha value is -0.610. The molecule has 0 radical (unpaired) electrons. The Bertz CT molecular complexity index is 157. The summed E-state index contributed by atoms with van der Waals surface area (Å²) >= 11 is 0. The number of unbranched alkanes of at least 4 members (excludes halogenated alkanes) is 2. The predicted octanol–water partition coefficient (Wildman–Crippen LogP) is 0.602. The number of aliphatic hydroxyl groups excluding tert-OH is 1. The monoisotopic (exact) mass is 189 g/mol. The van der Waals surface area contributed by atoms with Gasteiger partial charge in [-0.3, -0.25) is 4.79 Å². The van der Waals surface area contributed by atoms with Crippen molar-refractivity contribution < 1.29 is 15.0 Å². The Morgan fingerprint density at radius 3 is 2.38 bits per heavy atom. The lowest BCUT2D eigenvalue weighted by molar-refractivity contribution is -0.143. The zero-order valence-corrected chi connectivity index (χ0v) is 8.34. The highest BCUT2D eigenvalue weighted by molar-refractivity contribution is 5.77. The lowest BCUT2D eigenvalue weighted by Gasteiger charge is -2.20. The van der Waals surface area contributed by atoms with Gasteiger partial charge < -0.3 is 15.5 Å². The van der Waals surface area contributed by atoms with Crippen molar-refractivity contribution in [2.24, 2.45) is 0 Å². The van der Waals surface area contributed by atoms with Crippen LogP contribution < -0.4 is 5.32 Å². The summed E-state index contributed by atoms with van der Waals surface area (Å²) in [7, 11) is 0. The first kappa shape index (κ1) is 12.4. The molecule has 13 heavy (non-hydrogen) atoms. The molecule has 0 bridgehead atoms. The summed E-state index contributed by atoms with van der Waals surface area (Å²) in [5, 5.41) is 20.2. The number of nitrogens with one attached hydrogen (secondary N) is 1. The van der Waals surface area contributed by atoms with Crippen molar-refractivity contribution in [3.8, 4) is 0 Å². The van der Waals surface area contributed by atoms with Crippen LogP contribution in [0.15, 0.2) is 0 Å². The van der Waals surface area contributed by atoms with Gasteiger partial charge in [0.1, 0.15) is 5.54 Å². The topological polar surface area (TPSA) is 69.6 Å². The van der Waals surface area contributed by atoms with Crippen molar-refractivity contribution in [1.82, 2.24) is 5.32 Å². The summed E-state index contributed by atoms with van der Waals surface area (Å²) in [6, 6.07) is 0. The van der Waals surface area contributed by atoms with E-state index in [2.05, 4.69) is 5.32 Å². The molecule has 0 aliphatic rings. The van der Waals surface area contributed by atoms with E-state index in [1.165, 1.54) is 0 Å². The van der Waals surface area contributed by atoms with E-state index >= 15 is 0 Å². The number of aliphatic hydroxyl groups is 1. The molecule has 4 heteroatoms. The van der Waals surface area contributed by atoms with Gasteiger partial charge in [0.05, 0.1) is 0 Å². The molecular weight excluding hydrogens is 170 g/mol. The second-order valence-corrected chi connectivity index (χ2v) is 3.64. The summed E-state index contributed by atoms with van der Waals surface area (Å²) in [5.41, 5.74) is -0.848. The van der Waals surface area contributed by atoms with Crippen LogP contribution in [0.5, 0.6) is 0 Å². The van der Waals surface area contributed by atoms with Crippen molar-refractivity contribution in [3.05, 3.63) is 0 Å². The highest BCUT2D eigenvalue weighted by Gasteiger charge is 2.25. The Kier molecular flexibility index (Phi) is 5.66. The maximum Gasteiger partial charge on any atom is 0.323 e. The molecule has 0 aromatic rings. The molecule has 3 N–H and O–H groups in total. The molecule has 0 heterocycles. The Morgan fingerprint density at radius 2 is 1.92 bits per heavy atom. The zero-order chi connectivity index (χ0) is 10.3. The van der Waals surface area contributed by atoms with Gasteiger partial charge in [-0.25, -0.2) is 0 Å². The zero-order valence-electron chi connectivity index (χ0n) is 8.34. The molecule has 0 aromatic heterocycles. The van der Waals surface area contributed by atoms with E-state index < -0.39 is 11.5 Å². The van der Waals surface area contributed by atoms with Crippen molar-refractivity contribution >= 4 is 5.97 Å². The maximum absolute atomic E-state index is 10.6. The van der Waals surface area contributed by atoms with Gasteiger partial charge in [-0.15, -0.1) is 0 Å². The first-order valence-electron chi connectivity index (χ1n) is 4.60. The average molecular weight is 189 g/mol. The van der Waals surface area contributed by atoms with Crippen LogP contribution in [0.2, 0.25) is 0 Å². The fourth-order valence-electron chi connectivity index (χ4n) is 0.890. The van der Waals surface area contributed by atoms with E-state index in [1.54, 1.807) is 13.8 Å². The summed E-state index contributed by atoms with van der Waals surface area (Å²) in [4.78, 5) is 10.6. The standard InChI is InChI=1S/C9H19NO3/c1-9(2,8(12)13)10-6-4-3-5-7-11/h10-11H,3-7H2,1-2H3,(H,12,13). The van der Waals surface area contributed by atoms with E-state index in [-0.39, 0.29) is 6.61 Å². The third kappa shape index (κ3) is 5.60. The average Bonchev–Trinajstić information content (AvgIpc) is 2.03. The Balaban J connectivity index is 3.46. The van der Waals surface area contributed by atoms with E-state index in [0.29, 0.717) is 6.54 Å². The molecule has 0 rings (SSSR count). The number of rotatable bonds is 7. The van der Waals surface area contributed by atoms with Crippen LogP contribution in [0, 0.1) is 0 Å². The quantitative estimate of drug-likeness (QED) is 0.513. The fraction of sp³-hybridized carbons (Fsp3) is 0.889. The highest BCUT2D eigenvalue weighted by atomic mass is 16.4. The minimum atomic E-state index is -0.848. The molecule has 0 unspecified atom stereocenters. The van der Waals surface area contributed by atoms with E-state index in [4.69, 9.17) is 10.2 Å². The van der Waals surface area contributed by atoms with Crippen LogP contribution in [0.25, 0.3) is 0 Å². The minimum Gasteiger partial charge on any atom is -0.480 e. The minimum absolute atomic E-state index is 0.211. The highest BCUT2D eigenvalue weighted by Crippen LogP contribution is 2.02. The van der Waals surface area contributed by atoms with Crippen molar-refractivity contribution in [3.63, 3.8) is 0 Å². The fourth-order valence-corrected chi connectivity index (χ4v) is 0.890. The molecule has 78 valence electrons. The number of carbonyl (C=O) groups is 1. The molecule has 0 aliphatic carbocycles. The summed E-state index contributed by atoms with van der Waals surface area (Å²) in [6.45, 7) is 4.17. The van der Waals surface area contributed by atoms with Crippen molar-refractivity contribution in [2.45, 2.75) is 38.6 Å². The summed E-state index contributed by atoms with van der Waals surface area (Å²) < 4.78 is 0. The van der Waals surface area contributed by atoms with Crippen LogP contribution in [0.3, 0.4) is 0 Å². The van der Waals surface area contributed by atoms with Crippen LogP contribution >= 0.6 is 0 Å². The van der Waals surface area contributed by atoms with Crippen molar-refractivity contribution in [2.75, 3.05) is 13.2 Å². The molecule has 0 aromatic carbocycles. The number of carboxylic acid groups (broad SMARTS) is 1. The number of aliphatic carboxylic acids is 1. The van der Waals surface area contributed by atoms with E-state index in [9.17, 15) is 4.79 Å². The predicted molar refractivity (Wildman–Crippen MR) is 50.7 cm³/mol. The molecule has 0 atom stereocenters. The Morgan fingerprint density at radius 1 is 1.31 bits per heavy atom. The van der Waals surface area contributed by atoms with E-state index in [1.807, 2.05) is 0 Å². The van der Waals surface area contributed by atoms with Crippen LogP contribution in [0.1, 0.15) is 33.1 Å². The van der Waals surface area contributed by atoms with Gasteiger partial charge in [0.2, 0.25) is 0 Å². The molecule has 0 spiro atoms. The second kappa shape index (κ2) is 5.94. The maximum atomic E-state index is 10.6. The Labute approximate surface area is 79.0 Å². The second-order valence-electron chi connectivity index (χ2n) is 3.64. The van der Waals surface area contributed by atoms with Gasteiger partial charge in [0.25, 0.3) is 0 Å². The number of hydrogen-bond acceptors (Lipinski definition) is 3. The van der Waals surface area contributed by atoms with Gasteiger partial charge in [-0.2, -0.15) is 0 Å². The van der Waals surface area contributed by atoms with Crippen LogP contribution in [-0.2, 0) is 4.79 Å². The summed E-state index contributed by atoms with van der Waals surface area (Å²) in [6.07, 6.45) is 2.62. The molecule has 0 saturated heterocycles. The smallest absolute Gasteiger partial charge is 0.323 e. The molecule has 0 aliphatic heterocycles. The van der Waals surface area contributed by atoms with E-state index in [0.717, 1.165) is 19.3 Å². The SMILES string of the molecule is CC(C)(NCCCCCO)C(=O)O.